The fourth-order valence-electron chi connectivity index (χ4n) is 2.18. The van der Waals surface area contributed by atoms with Gasteiger partial charge in [-0.05, 0) is 42.5 Å². The van der Waals surface area contributed by atoms with Crippen LogP contribution < -0.4 is 9.47 Å². The highest BCUT2D eigenvalue weighted by atomic mass is 16.5. The van der Waals surface area contributed by atoms with Crippen molar-refractivity contribution in [2.45, 2.75) is 0 Å². The normalized spacial score (nSPS) is 10.2. The lowest BCUT2D eigenvalue weighted by molar-refractivity contribution is 0.0729. The van der Waals surface area contributed by atoms with E-state index in [-0.39, 0.29) is 34.1 Å². The molecule has 130 valence electrons. The van der Waals surface area contributed by atoms with E-state index in [1.54, 1.807) is 24.3 Å². The number of carbonyl (C=O) groups excluding carboxylic acids is 2. The number of aromatic hydroxyl groups is 2. The number of carbonyl (C=O) groups is 2. The molecule has 0 atom stereocenters. The van der Waals surface area contributed by atoms with E-state index in [2.05, 4.69) is 0 Å². The number of ether oxygens (including phenoxy) is 2. The molecule has 0 saturated heterocycles. The fraction of sp³-hybridized carbons (Fsp3) is 0. The second-order valence-electron chi connectivity index (χ2n) is 5.30. The Hall–Kier alpha value is -3.80. The SMILES string of the molecule is O=C(Oc1ccccc1O)c1cccc(C(=O)Oc2ccccc2O)c1. The molecule has 0 unspecified atom stereocenters. The van der Waals surface area contributed by atoms with Gasteiger partial charge in [-0.15, -0.1) is 0 Å². The molecule has 2 N–H and O–H groups in total. The third-order valence-electron chi connectivity index (χ3n) is 3.47. The third kappa shape index (κ3) is 3.81. The zero-order chi connectivity index (χ0) is 18.5. The average Bonchev–Trinajstić information content (AvgIpc) is 2.65. The van der Waals surface area contributed by atoms with Gasteiger partial charge in [-0.3, -0.25) is 0 Å². The molecule has 6 heteroatoms. The molecule has 0 bridgehead atoms. The Morgan fingerprint density at radius 1 is 0.615 bits per heavy atom. The molecule has 3 aromatic rings. The Bertz CT molecular complexity index is 889. The Morgan fingerprint density at radius 2 is 1.04 bits per heavy atom. The number of para-hydroxylation sites is 4. The molecule has 0 fully saturated rings. The van der Waals surface area contributed by atoms with E-state index in [0.717, 1.165) is 0 Å². The third-order valence-corrected chi connectivity index (χ3v) is 3.47. The lowest BCUT2D eigenvalue weighted by Crippen LogP contribution is -2.12. The summed E-state index contributed by atoms with van der Waals surface area (Å²) < 4.78 is 10.2. The molecule has 6 nitrogen and oxygen atoms in total. The largest absolute Gasteiger partial charge is 0.504 e. The molecule has 0 heterocycles. The van der Waals surface area contributed by atoms with Crippen molar-refractivity contribution in [1.29, 1.82) is 0 Å². The van der Waals surface area contributed by atoms with E-state index in [0.29, 0.717) is 0 Å². The van der Waals surface area contributed by atoms with Crippen LogP contribution in [0.1, 0.15) is 20.7 Å². The zero-order valence-electron chi connectivity index (χ0n) is 13.5. The molecule has 0 aliphatic heterocycles. The van der Waals surface area contributed by atoms with Gasteiger partial charge in [-0.1, -0.05) is 30.3 Å². The predicted molar refractivity (Wildman–Crippen MR) is 92.6 cm³/mol. The molecular formula is C20H14O6. The van der Waals surface area contributed by atoms with Gasteiger partial charge in [0.1, 0.15) is 0 Å². The number of hydrogen-bond donors (Lipinski definition) is 2. The highest BCUT2D eigenvalue weighted by Crippen LogP contribution is 2.27. The zero-order valence-corrected chi connectivity index (χ0v) is 13.5. The molecule has 3 rings (SSSR count). The van der Waals surface area contributed by atoms with Crippen molar-refractivity contribution in [3.05, 3.63) is 83.9 Å². The highest BCUT2D eigenvalue weighted by molar-refractivity contribution is 5.97. The second-order valence-corrected chi connectivity index (χ2v) is 5.30. The van der Waals surface area contributed by atoms with Crippen LogP contribution in [0.3, 0.4) is 0 Å². The standard InChI is InChI=1S/C20H14O6/c21-15-8-1-3-10-17(15)25-19(23)13-6-5-7-14(12-13)20(24)26-18-11-4-2-9-16(18)22/h1-12,21-22H. The van der Waals surface area contributed by atoms with Crippen molar-refractivity contribution in [1.82, 2.24) is 0 Å². The molecule has 0 radical (unpaired) electrons. The monoisotopic (exact) mass is 350 g/mol. The summed E-state index contributed by atoms with van der Waals surface area (Å²) in [4.78, 5) is 24.5. The van der Waals surface area contributed by atoms with Crippen LogP contribution in [-0.4, -0.2) is 22.2 Å². The van der Waals surface area contributed by atoms with E-state index in [9.17, 15) is 19.8 Å². The Labute approximate surface area is 148 Å². The van der Waals surface area contributed by atoms with E-state index in [1.807, 2.05) is 0 Å². The number of phenolic OH excluding ortho intramolecular Hbond substituents is 2. The van der Waals surface area contributed by atoms with Gasteiger partial charge in [-0.2, -0.15) is 0 Å². The van der Waals surface area contributed by atoms with Crippen molar-refractivity contribution in [3.8, 4) is 23.0 Å². The number of rotatable bonds is 4. The molecule has 0 spiro atoms. The average molecular weight is 350 g/mol. The first kappa shape index (κ1) is 17.0. The lowest BCUT2D eigenvalue weighted by atomic mass is 10.1. The second kappa shape index (κ2) is 7.40. The Kier molecular flexibility index (Phi) is 4.85. The first-order chi connectivity index (χ1) is 12.5. The van der Waals surface area contributed by atoms with Crippen LogP contribution in [0, 0.1) is 0 Å². The van der Waals surface area contributed by atoms with Crippen LogP contribution in [0.15, 0.2) is 72.8 Å². The summed E-state index contributed by atoms with van der Waals surface area (Å²) in [6.45, 7) is 0. The molecule has 0 amide bonds. The molecule has 0 aliphatic rings. The van der Waals surface area contributed by atoms with Gasteiger partial charge in [0, 0.05) is 0 Å². The van der Waals surface area contributed by atoms with Crippen molar-refractivity contribution >= 4 is 11.9 Å². The summed E-state index contributed by atoms with van der Waals surface area (Å²) in [6.07, 6.45) is 0. The smallest absolute Gasteiger partial charge is 0.343 e. The molecule has 0 saturated carbocycles. The van der Waals surface area contributed by atoms with Crippen LogP contribution in [-0.2, 0) is 0 Å². The minimum atomic E-state index is -0.733. The molecule has 3 aromatic carbocycles. The van der Waals surface area contributed by atoms with Gasteiger partial charge < -0.3 is 19.7 Å². The molecule has 26 heavy (non-hydrogen) atoms. The fourth-order valence-corrected chi connectivity index (χ4v) is 2.18. The van der Waals surface area contributed by atoms with Gasteiger partial charge in [0.15, 0.2) is 23.0 Å². The Morgan fingerprint density at radius 3 is 1.46 bits per heavy atom. The summed E-state index contributed by atoms with van der Waals surface area (Å²) in [6, 6.07) is 17.9. The predicted octanol–water partition coefficient (Wildman–Crippen LogP) is 3.54. The first-order valence-electron chi connectivity index (χ1n) is 7.65. The molecule has 0 aromatic heterocycles. The summed E-state index contributed by atoms with van der Waals surface area (Å²) >= 11 is 0. The Balaban J connectivity index is 1.77. The maximum absolute atomic E-state index is 12.2. The molecule has 0 aliphatic carbocycles. The lowest BCUT2D eigenvalue weighted by Gasteiger charge is -2.08. The quantitative estimate of drug-likeness (QED) is 0.552. The van der Waals surface area contributed by atoms with Crippen molar-refractivity contribution < 1.29 is 29.3 Å². The highest BCUT2D eigenvalue weighted by Gasteiger charge is 2.16. The minimum absolute atomic E-state index is 0.0136. The maximum atomic E-state index is 12.2. The van der Waals surface area contributed by atoms with Crippen LogP contribution >= 0.6 is 0 Å². The van der Waals surface area contributed by atoms with Crippen molar-refractivity contribution in [2.75, 3.05) is 0 Å². The van der Waals surface area contributed by atoms with Crippen molar-refractivity contribution in [3.63, 3.8) is 0 Å². The summed E-state index contributed by atoms with van der Waals surface area (Å²) in [5, 5.41) is 19.3. The maximum Gasteiger partial charge on any atom is 0.343 e. The van der Waals surface area contributed by atoms with E-state index >= 15 is 0 Å². The van der Waals surface area contributed by atoms with E-state index in [1.165, 1.54) is 48.5 Å². The van der Waals surface area contributed by atoms with E-state index < -0.39 is 11.9 Å². The van der Waals surface area contributed by atoms with Crippen LogP contribution in [0.25, 0.3) is 0 Å². The number of esters is 2. The summed E-state index contributed by atoms with van der Waals surface area (Å²) in [5.41, 5.74) is 0.222. The first-order valence-corrected chi connectivity index (χ1v) is 7.65. The topological polar surface area (TPSA) is 93.1 Å². The number of benzene rings is 3. The molecular weight excluding hydrogens is 336 g/mol. The van der Waals surface area contributed by atoms with Crippen LogP contribution in [0.2, 0.25) is 0 Å². The van der Waals surface area contributed by atoms with E-state index in [4.69, 9.17) is 9.47 Å². The number of phenols is 2. The minimum Gasteiger partial charge on any atom is -0.504 e. The summed E-state index contributed by atoms with van der Waals surface area (Å²) in [7, 11) is 0. The van der Waals surface area contributed by atoms with Crippen LogP contribution in [0.4, 0.5) is 0 Å². The summed E-state index contributed by atoms with van der Waals surface area (Å²) in [5.74, 6) is -1.78. The van der Waals surface area contributed by atoms with Gasteiger partial charge in [0.05, 0.1) is 11.1 Å². The van der Waals surface area contributed by atoms with Gasteiger partial charge in [0.25, 0.3) is 0 Å². The number of hydrogen-bond acceptors (Lipinski definition) is 6. The van der Waals surface area contributed by atoms with Crippen LogP contribution in [0.5, 0.6) is 23.0 Å². The van der Waals surface area contributed by atoms with Gasteiger partial charge >= 0.3 is 11.9 Å². The van der Waals surface area contributed by atoms with Gasteiger partial charge in [-0.25, -0.2) is 9.59 Å². The van der Waals surface area contributed by atoms with Gasteiger partial charge in [0.2, 0.25) is 0 Å². The van der Waals surface area contributed by atoms with Crippen molar-refractivity contribution in [2.24, 2.45) is 0 Å².